The van der Waals surface area contributed by atoms with Crippen molar-refractivity contribution in [3.05, 3.63) is 95.1 Å². The van der Waals surface area contributed by atoms with Gasteiger partial charge in [-0.05, 0) is 60.7 Å². The molecule has 196 valence electrons. The molecule has 0 radical (unpaired) electrons. The summed E-state index contributed by atoms with van der Waals surface area (Å²) >= 11 is 0. The number of aryl methyl sites for hydroxylation is 2. The Hall–Kier alpha value is -4.79. The number of para-hydroxylation sites is 1. The van der Waals surface area contributed by atoms with E-state index in [1.165, 1.54) is 18.5 Å². The number of carbonyl (C=O) groups is 1. The predicted molar refractivity (Wildman–Crippen MR) is 148 cm³/mol. The second kappa shape index (κ2) is 9.50. The molecule has 3 N–H and O–H groups in total. The third-order valence-corrected chi connectivity index (χ3v) is 7.48. The van der Waals surface area contributed by atoms with E-state index in [2.05, 4.69) is 20.9 Å². The first-order valence-corrected chi connectivity index (χ1v) is 12.7. The van der Waals surface area contributed by atoms with Gasteiger partial charge in [0.05, 0.1) is 18.0 Å². The normalized spacial score (nSPS) is 16.8. The molecule has 3 aromatic carbocycles. The highest BCUT2D eigenvalue weighted by molar-refractivity contribution is 5.98. The van der Waals surface area contributed by atoms with Gasteiger partial charge in [-0.2, -0.15) is 5.10 Å². The van der Waals surface area contributed by atoms with Crippen molar-refractivity contribution in [2.75, 3.05) is 10.6 Å². The van der Waals surface area contributed by atoms with E-state index in [-0.39, 0.29) is 17.6 Å². The summed E-state index contributed by atoms with van der Waals surface area (Å²) in [5.74, 6) is -0.611. The molecule has 9 heteroatoms. The first-order valence-electron chi connectivity index (χ1n) is 12.7. The Balaban J connectivity index is 1.53. The van der Waals surface area contributed by atoms with Crippen LogP contribution < -0.4 is 10.6 Å². The molecule has 0 aliphatic carbocycles. The highest BCUT2D eigenvalue weighted by Gasteiger charge is 2.37. The second-order valence-electron chi connectivity index (χ2n) is 9.97. The standard InChI is InChI=1S/C30H27FN6O2/c1-17-6-3-4-9-24(17)37-22(11-19-8-5-7-18(2)26(19)25(37)15-38)14-36-30-27(29(32)33-16-34-30)28(35-36)20-10-21(31)13-23(39)12-20/h3-10,12-13,15-16,22,25,39H,11,14H2,1-2H3,(H2,32,33,34). The van der Waals surface area contributed by atoms with E-state index in [1.807, 2.05) is 50.2 Å². The number of phenolic OH excluding ortho intramolecular Hbond substituents is 1. The van der Waals surface area contributed by atoms with Gasteiger partial charge in [0.15, 0.2) is 5.65 Å². The van der Waals surface area contributed by atoms with Crippen LogP contribution in [-0.2, 0) is 17.8 Å². The van der Waals surface area contributed by atoms with Crippen molar-refractivity contribution >= 4 is 28.8 Å². The van der Waals surface area contributed by atoms with Gasteiger partial charge in [0.2, 0.25) is 0 Å². The van der Waals surface area contributed by atoms with Gasteiger partial charge < -0.3 is 20.5 Å². The molecule has 0 bridgehead atoms. The number of hydrogen-bond donors (Lipinski definition) is 2. The zero-order valence-corrected chi connectivity index (χ0v) is 21.5. The molecule has 0 amide bonds. The fourth-order valence-corrected chi connectivity index (χ4v) is 5.82. The molecule has 2 unspecified atom stereocenters. The molecule has 6 rings (SSSR count). The molecule has 5 aromatic rings. The molecule has 0 fully saturated rings. The van der Waals surface area contributed by atoms with E-state index < -0.39 is 11.9 Å². The molecular formula is C30H27FN6O2. The number of nitrogen functional groups attached to an aromatic ring is 1. The van der Waals surface area contributed by atoms with Gasteiger partial charge in [-0.1, -0.05) is 36.4 Å². The van der Waals surface area contributed by atoms with E-state index in [0.29, 0.717) is 35.3 Å². The van der Waals surface area contributed by atoms with Gasteiger partial charge in [0.25, 0.3) is 0 Å². The number of aromatic nitrogens is 4. The second-order valence-corrected chi connectivity index (χ2v) is 9.97. The van der Waals surface area contributed by atoms with Crippen LogP contribution in [0.1, 0.15) is 28.3 Å². The first kappa shape index (κ1) is 24.5. The van der Waals surface area contributed by atoms with Crippen LogP contribution in [0, 0.1) is 19.7 Å². The zero-order valence-electron chi connectivity index (χ0n) is 21.5. The van der Waals surface area contributed by atoms with Crippen molar-refractivity contribution in [3.63, 3.8) is 0 Å². The number of rotatable bonds is 5. The quantitative estimate of drug-likeness (QED) is 0.316. The topological polar surface area (TPSA) is 110 Å². The number of nitrogens with two attached hydrogens (primary N) is 1. The number of benzene rings is 3. The minimum absolute atomic E-state index is 0.163. The maximum atomic E-state index is 14.2. The number of phenols is 1. The molecule has 8 nitrogen and oxygen atoms in total. The van der Waals surface area contributed by atoms with Crippen molar-refractivity contribution in [1.82, 2.24) is 19.7 Å². The highest BCUT2D eigenvalue weighted by Crippen LogP contribution is 2.40. The molecule has 1 aliphatic rings. The number of carbonyl (C=O) groups excluding carboxylic acids is 1. The van der Waals surface area contributed by atoms with Crippen LogP contribution in [0.2, 0.25) is 0 Å². The number of aromatic hydroxyl groups is 1. The van der Waals surface area contributed by atoms with Gasteiger partial charge >= 0.3 is 0 Å². The fraction of sp³-hybridized carbons (Fsp3) is 0.200. The summed E-state index contributed by atoms with van der Waals surface area (Å²) in [4.78, 5) is 23.5. The Kier molecular flexibility index (Phi) is 5.98. The average molecular weight is 523 g/mol. The summed E-state index contributed by atoms with van der Waals surface area (Å²) in [6.07, 6.45) is 3.05. The van der Waals surface area contributed by atoms with Crippen molar-refractivity contribution < 1.29 is 14.3 Å². The van der Waals surface area contributed by atoms with Crippen LogP contribution >= 0.6 is 0 Å². The predicted octanol–water partition coefficient (Wildman–Crippen LogP) is 4.91. The molecule has 2 aromatic heterocycles. The number of nitrogens with zero attached hydrogens (tertiary/aromatic N) is 5. The van der Waals surface area contributed by atoms with Crippen LogP contribution in [0.15, 0.2) is 67.0 Å². The molecule has 0 saturated heterocycles. The first-order chi connectivity index (χ1) is 18.9. The number of aldehydes is 1. The smallest absolute Gasteiger partial charge is 0.164 e. The molecule has 0 spiro atoms. The highest BCUT2D eigenvalue weighted by atomic mass is 19.1. The molecule has 39 heavy (non-hydrogen) atoms. The largest absolute Gasteiger partial charge is 0.508 e. The number of halogens is 1. The lowest BCUT2D eigenvalue weighted by atomic mass is 9.85. The Bertz CT molecular complexity index is 1710. The van der Waals surface area contributed by atoms with Crippen molar-refractivity contribution in [1.29, 1.82) is 0 Å². The number of hydrogen-bond acceptors (Lipinski definition) is 7. The summed E-state index contributed by atoms with van der Waals surface area (Å²) in [6.45, 7) is 4.45. The zero-order chi connectivity index (χ0) is 27.3. The summed E-state index contributed by atoms with van der Waals surface area (Å²) in [7, 11) is 0. The van der Waals surface area contributed by atoms with E-state index in [9.17, 15) is 14.3 Å². The van der Waals surface area contributed by atoms with Gasteiger partial charge in [0.1, 0.15) is 41.7 Å². The SMILES string of the molecule is Cc1ccccc1N1C(Cn2nc(-c3cc(O)cc(F)c3)c3c(N)ncnc32)Cc2cccc(C)c2C1C=O. The maximum Gasteiger partial charge on any atom is 0.164 e. The minimum atomic E-state index is -0.595. The van der Waals surface area contributed by atoms with Gasteiger partial charge in [-0.3, -0.25) is 0 Å². The molecule has 0 saturated carbocycles. The van der Waals surface area contributed by atoms with Crippen molar-refractivity contribution in [2.24, 2.45) is 0 Å². The lowest BCUT2D eigenvalue weighted by Gasteiger charge is -2.44. The van der Waals surface area contributed by atoms with Crippen LogP contribution in [0.4, 0.5) is 15.9 Å². The minimum Gasteiger partial charge on any atom is -0.508 e. The maximum absolute atomic E-state index is 14.2. The Morgan fingerprint density at radius 1 is 1.08 bits per heavy atom. The fourth-order valence-electron chi connectivity index (χ4n) is 5.82. The third-order valence-electron chi connectivity index (χ3n) is 7.48. The average Bonchev–Trinajstić information content (AvgIpc) is 3.28. The number of fused-ring (bicyclic) bond motifs is 2. The van der Waals surface area contributed by atoms with Gasteiger partial charge in [0, 0.05) is 17.3 Å². The molecule has 1 aliphatic heterocycles. The molecular weight excluding hydrogens is 495 g/mol. The lowest BCUT2D eigenvalue weighted by Crippen LogP contribution is -2.47. The monoisotopic (exact) mass is 522 g/mol. The van der Waals surface area contributed by atoms with E-state index in [0.717, 1.165) is 40.3 Å². The molecule has 3 heterocycles. The van der Waals surface area contributed by atoms with Crippen LogP contribution in [0.25, 0.3) is 22.3 Å². The van der Waals surface area contributed by atoms with Crippen molar-refractivity contribution in [3.8, 4) is 17.0 Å². The van der Waals surface area contributed by atoms with Crippen molar-refractivity contribution in [2.45, 2.75) is 38.9 Å². The van der Waals surface area contributed by atoms with E-state index >= 15 is 0 Å². The van der Waals surface area contributed by atoms with Gasteiger partial charge in [-0.25, -0.2) is 19.0 Å². The van der Waals surface area contributed by atoms with E-state index in [4.69, 9.17) is 10.8 Å². The Morgan fingerprint density at radius 3 is 2.64 bits per heavy atom. The summed E-state index contributed by atoms with van der Waals surface area (Å²) in [6, 6.07) is 17.3. The summed E-state index contributed by atoms with van der Waals surface area (Å²) < 4.78 is 16.0. The van der Waals surface area contributed by atoms with E-state index in [1.54, 1.807) is 4.68 Å². The lowest BCUT2D eigenvalue weighted by molar-refractivity contribution is -0.109. The Labute approximate surface area is 224 Å². The molecule has 2 atom stereocenters. The summed E-state index contributed by atoms with van der Waals surface area (Å²) in [5, 5.41) is 15.3. The third kappa shape index (κ3) is 4.16. The van der Waals surface area contributed by atoms with Crippen LogP contribution in [0.3, 0.4) is 0 Å². The van der Waals surface area contributed by atoms with Gasteiger partial charge in [-0.15, -0.1) is 0 Å². The van der Waals surface area contributed by atoms with Crippen LogP contribution in [0.5, 0.6) is 5.75 Å². The van der Waals surface area contributed by atoms with Crippen LogP contribution in [-0.4, -0.2) is 37.2 Å². The Morgan fingerprint density at radius 2 is 1.87 bits per heavy atom. The summed E-state index contributed by atoms with van der Waals surface area (Å²) in [5.41, 5.74) is 12.7. The number of anilines is 2.